The number of ether oxygens (including phenoxy) is 1. The van der Waals surface area contributed by atoms with E-state index in [1.54, 1.807) is 0 Å². The highest BCUT2D eigenvalue weighted by atomic mass is 16.5. The summed E-state index contributed by atoms with van der Waals surface area (Å²) in [7, 11) is 0. The first-order valence-corrected chi connectivity index (χ1v) is 6.50. The van der Waals surface area contributed by atoms with Crippen molar-refractivity contribution < 1.29 is 4.74 Å². The van der Waals surface area contributed by atoms with Crippen molar-refractivity contribution in [2.45, 2.75) is 76.7 Å². The zero-order chi connectivity index (χ0) is 11.8. The largest absolute Gasteiger partial charge is 0.368 e. The van der Waals surface area contributed by atoms with Gasteiger partial charge in [0.1, 0.15) is 0 Å². The molecule has 2 aliphatic rings. The summed E-state index contributed by atoms with van der Waals surface area (Å²) >= 11 is 0. The zero-order valence-corrected chi connectivity index (χ0v) is 11.0. The second-order valence-corrected chi connectivity index (χ2v) is 6.37. The molecular formula is C14H25NO. The van der Waals surface area contributed by atoms with Crippen LogP contribution in [0.1, 0.15) is 53.4 Å². The van der Waals surface area contributed by atoms with Gasteiger partial charge in [-0.25, -0.2) is 0 Å². The van der Waals surface area contributed by atoms with Crippen LogP contribution in [0, 0.1) is 0 Å². The Hall–Kier alpha value is -0.340. The van der Waals surface area contributed by atoms with Crippen LogP contribution < -0.4 is 5.32 Å². The van der Waals surface area contributed by atoms with Crippen molar-refractivity contribution in [3.8, 4) is 0 Å². The molecule has 0 saturated carbocycles. The van der Waals surface area contributed by atoms with E-state index in [4.69, 9.17) is 4.74 Å². The summed E-state index contributed by atoms with van der Waals surface area (Å²) in [5.74, 6) is 0. The van der Waals surface area contributed by atoms with Crippen molar-refractivity contribution in [3.05, 3.63) is 12.2 Å². The Balaban J connectivity index is 1.96. The SMILES string of the molecule is CC1(C)CC(NC2CC=CCC2)C(C)(C)O1. The highest BCUT2D eigenvalue weighted by molar-refractivity contribution is 5.02. The number of rotatable bonds is 2. The molecule has 1 heterocycles. The van der Waals surface area contributed by atoms with Gasteiger partial charge in [-0.1, -0.05) is 12.2 Å². The molecule has 0 aromatic heterocycles. The molecule has 1 aliphatic heterocycles. The molecule has 2 rings (SSSR count). The third-order valence-electron chi connectivity index (χ3n) is 3.78. The van der Waals surface area contributed by atoms with Crippen LogP contribution in [0.15, 0.2) is 12.2 Å². The van der Waals surface area contributed by atoms with E-state index in [1.165, 1.54) is 19.3 Å². The van der Waals surface area contributed by atoms with Gasteiger partial charge in [0.25, 0.3) is 0 Å². The van der Waals surface area contributed by atoms with Crippen LogP contribution in [0.2, 0.25) is 0 Å². The first-order chi connectivity index (χ1) is 7.39. The summed E-state index contributed by atoms with van der Waals surface area (Å²) in [6, 6.07) is 1.13. The van der Waals surface area contributed by atoms with Crippen LogP contribution in [0.3, 0.4) is 0 Å². The molecule has 0 amide bonds. The Morgan fingerprint density at radius 2 is 1.94 bits per heavy atom. The van der Waals surface area contributed by atoms with E-state index in [1.807, 2.05) is 0 Å². The first kappa shape index (κ1) is 12.1. The van der Waals surface area contributed by atoms with Gasteiger partial charge >= 0.3 is 0 Å². The van der Waals surface area contributed by atoms with Crippen molar-refractivity contribution in [2.75, 3.05) is 0 Å². The van der Waals surface area contributed by atoms with E-state index in [2.05, 4.69) is 45.2 Å². The van der Waals surface area contributed by atoms with Gasteiger partial charge in [-0.05, 0) is 53.4 Å². The molecule has 1 saturated heterocycles. The van der Waals surface area contributed by atoms with Gasteiger partial charge in [0.2, 0.25) is 0 Å². The number of hydrogen-bond donors (Lipinski definition) is 1. The van der Waals surface area contributed by atoms with Crippen molar-refractivity contribution in [1.29, 1.82) is 0 Å². The maximum absolute atomic E-state index is 6.11. The van der Waals surface area contributed by atoms with Gasteiger partial charge < -0.3 is 10.1 Å². The number of hydrogen-bond acceptors (Lipinski definition) is 2. The van der Waals surface area contributed by atoms with Crippen molar-refractivity contribution in [1.82, 2.24) is 5.32 Å². The third-order valence-corrected chi connectivity index (χ3v) is 3.78. The molecule has 1 fully saturated rings. The fourth-order valence-corrected chi connectivity index (χ4v) is 3.05. The Bertz CT molecular complexity index is 280. The summed E-state index contributed by atoms with van der Waals surface area (Å²) < 4.78 is 6.11. The molecule has 92 valence electrons. The van der Waals surface area contributed by atoms with Crippen molar-refractivity contribution in [2.24, 2.45) is 0 Å². The van der Waals surface area contributed by atoms with Crippen LogP contribution in [0.4, 0.5) is 0 Å². The molecule has 16 heavy (non-hydrogen) atoms. The Morgan fingerprint density at radius 3 is 2.44 bits per heavy atom. The average molecular weight is 223 g/mol. The molecule has 2 heteroatoms. The monoisotopic (exact) mass is 223 g/mol. The molecule has 2 unspecified atom stereocenters. The number of allylic oxidation sites excluding steroid dienone is 1. The smallest absolute Gasteiger partial charge is 0.0787 e. The molecule has 0 bridgehead atoms. The van der Waals surface area contributed by atoms with Gasteiger partial charge in [0.15, 0.2) is 0 Å². The lowest BCUT2D eigenvalue weighted by Crippen LogP contribution is -2.48. The second kappa shape index (κ2) is 4.15. The third kappa shape index (κ3) is 2.67. The molecule has 0 spiro atoms. The summed E-state index contributed by atoms with van der Waals surface area (Å²) in [6.07, 6.45) is 9.36. The Morgan fingerprint density at radius 1 is 1.19 bits per heavy atom. The minimum absolute atomic E-state index is 0.0195. The molecule has 1 aliphatic carbocycles. The standard InChI is InChI=1S/C14H25NO/c1-13(2)10-12(14(3,4)16-13)15-11-8-6-5-7-9-11/h5-6,11-12,15H,7-10H2,1-4H3. The fourth-order valence-electron chi connectivity index (χ4n) is 3.05. The molecular weight excluding hydrogens is 198 g/mol. The second-order valence-electron chi connectivity index (χ2n) is 6.37. The van der Waals surface area contributed by atoms with Crippen LogP contribution in [0.25, 0.3) is 0 Å². The van der Waals surface area contributed by atoms with E-state index in [0.717, 1.165) is 6.42 Å². The summed E-state index contributed by atoms with van der Waals surface area (Å²) in [4.78, 5) is 0. The lowest BCUT2D eigenvalue weighted by Gasteiger charge is -2.31. The van der Waals surface area contributed by atoms with Gasteiger partial charge in [0.05, 0.1) is 11.2 Å². The van der Waals surface area contributed by atoms with Crippen LogP contribution >= 0.6 is 0 Å². The van der Waals surface area contributed by atoms with E-state index in [-0.39, 0.29) is 11.2 Å². The predicted molar refractivity (Wildman–Crippen MR) is 67.6 cm³/mol. The van der Waals surface area contributed by atoms with Crippen molar-refractivity contribution >= 4 is 0 Å². The molecule has 0 aromatic rings. The minimum Gasteiger partial charge on any atom is -0.368 e. The summed E-state index contributed by atoms with van der Waals surface area (Å²) in [5, 5.41) is 3.79. The van der Waals surface area contributed by atoms with Crippen LogP contribution in [0.5, 0.6) is 0 Å². The quantitative estimate of drug-likeness (QED) is 0.727. The normalized spacial score (nSPS) is 36.5. The highest BCUT2D eigenvalue weighted by Crippen LogP contribution is 2.37. The molecule has 0 radical (unpaired) electrons. The molecule has 0 aromatic carbocycles. The highest BCUT2D eigenvalue weighted by Gasteiger charge is 2.46. The number of nitrogens with one attached hydrogen (secondary N) is 1. The molecule has 2 nitrogen and oxygen atoms in total. The maximum atomic E-state index is 6.11. The lowest BCUT2D eigenvalue weighted by atomic mass is 9.92. The average Bonchev–Trinajstić information content (AvgIpc) is 2.36. The Labute approximate surface area is 99.4 Å². The van der Waals surface area contributed by atoms with E-state index < -0.39 is 0 Å². The van der Waals surface area contributed by atoms with E-state index in [9.17, 15) is 0 Å². The maximum Gasteiger partial charge on any atom is 0.0787 e. The van der Waals surface area contributed by atoms with Crippen LogP contribution in [-0.4, -0.2) is 23.3 Å². The van der Waals surface area contributed by atoms with E-state index >= 15 is 0 Å². The van der Waals surface area contributed by atoms with Gasteiger partial charge in [-0.3, -0.25) is 0 Å². The summed E-state index contributed by atoms with van der Waals surface area (Å²) in [6.45, 7) is 8.80. The Kier molecular flexibility index (Phi) is 3.15. The summed E-state index contributed by atoms with van der Waals surface area (Å²) in [5.41, 5.74) is -0.0175. The first-order valence-electron chi connectivity index (χ1n) is 6.50. The van der Waals surface area contributed by atoms with Gasteiger partial charge in [-0.15, -0.1) is 0 Å². The van der Waals surface area contributed by atoms with Gasteiger partial charge in [-0.2, -0.15) is 0 Å². The zero-order valence-electron chi connectivity index (χ0n) is 11.0. The van der Waals surface area contributed by atoms with Crippen molar-refractivity contribution in [3.63, 3.8) is 0 Å². The lowest BCUT2D eigenvalue weighted by molar-refractivity contribution is -0.0705. The van der Waals surface area contributed by atoms with E-state index in [0.29, 0.717) is 12.1 Å². The predicted octanol–water partition coefficient (Wildman–Crippen LogP) is 3.03. The molecule has 1 N–H and O–H groups in total. The fraction of sp³-hybridized carbons (Fsp3) is 0.857. The minimum atomic E-state index is -0.0370. The van der Waals surface area contributed by atoms with Gasteiger partial charge in [0, 0.05) is 12.1 Å². The topological polar surface area (TPSA) is 21.3 Å². The van der Waals surface area contributed by atoms with Crippen LogP contribution in [-0.2, 0) is 4.74 Å². The molecule has 2 atom stereocenters.